The van der Waals surface area contributed by atoms with E-state index in [1.807, 2.05) is 0 Å². The minimum Gasteiger partial charge on any atom is -0.462 e. The molecule has 0 bridgehead atoms. The van der Waals surface area contributed by atoms with E-state index < -0.39 is 5.97 Å². The number of nitrogens with zero attached hydrogens (tertiary/aromatic N) is 1. The number of aliphatic hydroxyl groups excluding tert-OH is 1. The Labute approximate surface area is 110 Å². The Morgan fingerprint density at radius 3 is 3.00 bits per heavy atom. The van der Waals surface area contributed by atoms with Crippen molar-refractivity contribution in [1.82, 2.24) is 4.37 Å². The Hall–Kier alpha value is -1.34. The number of carbonyl (C=O) groups excluding carboxylic acids is 1. The summed E-state index contributed by atoms with van der Waals surface area (Å²) in [6, 6.07) is 0. The topological polar surface area (TPSA) is 97.5 Å². The van der Waals surface area contributed by atoms with Crippen molar-refractivity contribution < 1.29 is 14.6 Å². The van der Waals surface area contributed by atoms with Gasteiger partial charge in [0.2, 0.25) is 0 Å². The predicted octanol–water partition coefficient (Wildman–Crippen LogP) is 1.47. The van der Waals surface area contributed by atoms with E-state index in [2.05, 4.69) is 9.69 Å². The minimum absolute atomic E-state index is 0.191. The van der Waals surface area contributed by atoms with Crippen molar-refractivity contribution in [1.29, 1.82) is 0 Å². The van der Waals surface area contributed by atoms with E-state index in [-0.39, 0.29) is 11.9 Å². The lowest BCUT2D eigenvalue weighted by molar-refractivity contribution is 0.0529. The fourth-order valence-corrected chi connectivity index (χ4v) is 2.15. The van der Waals surface area contributed by atoms with Gasteiger partial charge in [0.05, 0.1) is 12.7 Å². The monoisotopic (exact) mass is 273 g/mol. The van der Waals surface area contributed by atoms with Gasteiger partial charge in [0.25, 0.3) is 0 Å². The van der Waals surface area contributed by atoms with Crippen LogP contribution < -0.4 is 11.1 Å². The number of ether oxygens (including phenoxy) is 1. The Morgan fingerprint density at radius 1 is 1.67 bits per heavy atom. The lowest BCUT2D eigenvalue weighted by Crippen LogP contribution is -2.11. The molecule has 102 valence electrons. The Morgan fingerprint density at radius 2 is 2.39 bits per heavy atom. The van der Waals surface area contributed by atoms with Gasteiger partial charge in [0, 0.05) is 6.54 Å². The van der Waals surface area contributed by atoms with Crippen molar-refractivity contribution in [3.8, 4) is 0 Å². The lowest BCUT2D eigenvalue weighted by Gasteiger charge is -2.07. The number of hydrogen-bond acceptors (Lipinski definition) is 7. The van der Waals surface area contributed by atoms with Crippen molar-refractivity contribution in [3.63, 3.8) is 0 Å². The van der Waals surface area contributed by atoms with Gasteiger partial charge in [-0.1, -0.05) is 0 Å². The third-order valence-electron chi connectivity index (χ3n) is 2.28. The normalized spacial score (nSPS) is 12.2. The molecule has 4 N–H and O–H groups in total. The van der Waals surface area contributed by atoms with Gasteiger partial charge in [-0.2, -0.15) is 4.37 Å². The summed E-state index contributed by atoms with van der Waals surface area (Å²) < 4.78 is 8.86. The smallest absolute Gasteiger partial charge is 0.344 e. The van der Waals surface area contributed by atoms with Crippen molar-refractivity contribution in [2.24, 2.45) is 0 Å². The minimum atomic E-state index is -0.457. The van der Waals surface area contributed by atoms with Gasteiger partial charge in [-0.05, 0) is 38.2 Å². The summed E-state index contributed by atoms with van der Waals surface area (Å²) in [6.07, 6.45) is 1.19. The number of esters is 1. The number of nitrogens with two attached hydrogens (primary N) is 1. The van der Waals surface area contributed by atoms with E-state index in [0.717, 1.165) is 18.0 Å². The summed E-state index contributed by atoms with van der Waals surface area (Å²) in [7, 11) is 0. The maximum Gasteiger partial charge on any atom is 0.344 e. The first kappa shape index (κ1) is 14.7. The highest BCUT2D eigenvalue weighted by Crippen LogP contribution is 2.27. The first-order valence-corrected chi connectivity index (χ1v) is 6.67. The summed E-state index contributed by atoms with van der Waals surface area (Å²) in [5.41, 5.74) is 5.95. The fraction of sp³-hybridized carbons (Fsp3) is 0.636. The highest BCUT2D eigenvalue weighted by atomic mass is 32.1. The Balaban J connectivity index is 2.58. The maximum atomic E-state index is 11.7. The second-order valence-electron chi connectivity index (χ2n) is 3.91. The number of hydrogen-bond donors (Lipinski definition) is 3. The van der Waals surface area contributed by atoms with Crippen LogP contribution >= 0.6 is 11.5 Å². The number of anilines is 2. The average Bonchev–Trinajstić information content (AvgIpc) is 2.66. The molecule has 6 nitrogen and oxygen atoms in total. The Bertz CT molecular complexity index is 393. The molecule has 1 rings (SSSR count). The molecule has 0 spiro atoms. The summed E-state index contributed by atoms with van der Waals surface area (Å²) >= 11 is 1.14. The van der Waals surface area contributed by atoms with Crippen LogP contribution in [-0.4, -0.2) is 34.7 Å². The average molecular weight is 273 g/mol. The summed E-state index contributed by atoms with van der Waals surface area (Å²) in [5, 5.41) is 12.8. The first-order valence-electron chi connectivity index (χ1n) is 5.90. The first-order chi connectivity index (χ1) is 8.56. The van der Waals surface area contributed by atoms with Crippen LogP contribution in [0.15, 0.2) is 0 Å². The van der Waals surface area contributed by atoms with Crippen LogP contribution in [0.25, 0.3) is 0 Å². The van der Waals surface area contributed by atoms with Crippen LogP contribution in [0, 0.1) is 0 Å². The molecule has 0 saturated heterocycles. The molecular weight excluding hydrogens is 254 g/mol. The van der Waals surface area contributed by atoms with Gasteiger partial charge >= 0.3 is 5.97 Å². The summed E-state index contributed by atoms with van der Waals surface area (Å²) in [4.78, 5) is 11.7. The molecule has 18 heavy (non-hydrogen) atoms. The third-order valence-corrected chi connectivity index (χ3v) is 3.10. The van der Waals surface area contributed by atoms with Gasteiger partial charge in [0.1, 0.15) is 10.6 Å². The standard InChI is InChI=1S/C11H19N3O3S/c1-3-17-11(16)8-9(12)14-18-10(8)13-6-4-5-7(2)15/h7,13,15H,3-6H2,1-2H3,(H2,12,14). The summed E-state index contributed by atoms with van der Waals surface area (Å²) in [6.45, 7) is 4.44. The molecule has 0 saturated carbocycles. The molecule has 0 aromatic carbocycles. The number of carbonyl (C=O) groups is 1. The van der Waals surface area contributed by atoms with Gasteiger partial charge in [-0.15, -0.1) is 0 Å². The highest BCUT2D eigenvalue weighted by molar-refractivity contribution is 7.11. The molecule has 1 aromatic rings. The van der Waals surface area contributed by atoms with Crippen LogP contribution in [0.2, 0.25) is 0 Å². The molecule has 0 fully saturated rings. The molecular formula is C11H19N3O3S. The van der Waals surface area contributed by atoms with Crippen molar-refractivity contribution in [2.75, 3.05) is 24.2 Å². The highest BCUT2D eigenvalue weighted by Gasteiger charge is 2.20. The molecule has 0 radical (unpaired) electrons. The zero-order valence-electron chi connectivity index (χ0n) is 10.6. The second-order valence-corrected chi connectivity index (χ2v) is 4.68. The van der Waals surface area contributed by atoms with E-state index in [0.29, 0.717) is 30.1 Å². The van der Waals surface area contributed by atoms with Crippen LogP contribution in [0.1, 0.15) is 37.0 Å². The SMILES string of the molecule is CCOC(=O)c1c(N)nsc1NCCCC(C)O. The van der Waals surface area contributed by atoms with E-state index in [1.165, 1.54) is 0 Å². The zero-order chi connectivity index (χ0) is 13.5. The van der Waals surface area contributed by atoms with Gasteiger partial charge < -0.3 is 20.9 Å². The van der Waals surface area contributed by atoms with E-state index in [1.54, 1.807) is 13.8 Å². The van der Waals surface area contributed by atoms with E-state index in [9.17, 15) is 4.79 Å². The van der Waals surface area contributed by atoms with E-state index in [4.69, 9.17) is 15.6 Å². The molecule has 1 heterocycles. The fourth-order valence-electron chi connectivity index (χ4n) is 1.42. The molecule has 0 amide bonds. The number of nitrogens with one attached hydrogen (secondary N) is 1. The van der Waals surface area contributed by atoms with E-state index >= 15 is 0 Å². The maximum absolute atomic E-state index is 11.7. The largest absolute Gasteiger partial charge is 0.462 e. The van der Waals surface area contributed by atoms with Gasteiger partial charge in [0.15, 0.2) is 5.82 Å². The lowest BCUT2D eigenvalue weighted by atomic mass is 10.2. The Kier molecular flexibility index (Phi) is 5.87. The van der Waals surface area contributed by atoms with Crippen molar-refractivity contribution in [2.45, 2.75) is 32.8 Å². The van der Waals surface area contributed by atoms with Crippen molar-refractivity contribution >= 4 is 28.3 Å². The van der Waals surface area contributed by atoms with Crippen LogP contribution in [0.3, 0.4) is 0 Å². The van der Waals surface area contributed by atoms with Crippen LogP contribution in [0.5, 0.6) is 0 Å². The zero-order valence-corrected chi connectivity index (χ0v) is 11.4. The molecule has 0 aliphatic heterocycles. The molecule has 0 aliphatic carbocycles. The number of aromatic nitrogens is 1. The summed E-state index contributed by atoms with van der Waals surface area (Å²) in [5.74, 6) is -0.266. The molecule has 1 aromatic heterocycles. The molecule has 0 aliphatic rings. The number of rotatable bonds is 7. The van der Waals surface area contributed by atoms with Crippen molar-refractivity contribution in [3.05, 3.63) is 5.56 Å². The second kappa shape index (κ2) is 7.17. The quantitative estimate of drug-likeness (QED) is 0.514. The third kappa shape index (κ3) is 4.15. The van der Waals surface area contributed by atoms with Crippen LogP contribution in [0.4, 0.5) is 10.8 Å². The van der Waals surface area contributed by atoms with Gasteiger partial charge in [-0.3, -0.25) is 0 Å². The van der Waals surface area contributed by atoms with Gasteiger partial charge in [-0.25, -0.2) is 4.79 Å². The molecule has 7 heteroatoms. The number of nitrogen functional groups attached to an aromatic ring is 1. The van der Waals surface area contributed by atoms with Crippen LogP contribution in [-0.2, 0) is 4.74 Å². The molecule has 1 atom stereocenters. The number of aliphatic hydroxyl groups is 1. The molecule has 1 unspecified atom stereocenters. The predicted molar refractivity (Wildman–Crippen MR) is 71.9 cm³/mol.